The predicted molar refractivity (Wildman–Crippen MR) is 35.3 cm³/mol. The van der Waals surface area contributed by atoms with E-state index in [1.54, 1.807) is 0 Å². The van der Waals surface area contributed by atoms with Crippen LogP contribution in [0.2, 0.25) is 0 Å². The van der Waals surface area contributed by atoms with Gasteiger partial charge in [-0.25, -0.2) is 0 Å². The van der Waals surface area contributed by atoms with Crippen LogP contribution in [0.4, 0.5) is 0 Å². The van der Waals surface area contributed by atoms with Crippen molar-refractivity contribution in [3.05, 3.63) is 19.2 Å². The van der Waals surface area contributed by atoms with E-state index in [0.717, 1.165) is 0 Å². The third-order valence-electron chi connectivity index (χ3n) is 1.46. The monoisotopic (exact) mass is 110 g/mol. The van der Waals surface area contributed by atoms with Gasteiger partial charge in [0.05, 0.1) is 0 Å². The Bertz CT molecular complexity index is 80.4. The largest absolute Gasteiger partial charge is 0.378 e. The number of likely N-dealkylation sites (tertiary alicyclic amines) is 1. The van der Waals surface area contributed by atoms with Gasteiger partial charge in [-0.05, 0) is 26.0 Å². The van der Waals surface area contributed by atoms with Gasteiger partial charge in [-0.3, -0.25) is 0 Å². The van der Waals surface area contributed by atoms with Crippen molar-refractivity contribution in [2.75, 3.05) is 13.1 Å². The fourth-order valence-corrected chi connectivity index (χ4v) is 1.04. The van der Waals surface area contributed by atoms with E-state index in [1.165, 1.54) is 25.9 Å². The Morgan fingerprint density at radius 3 is 2.38 bits per heavy atom. The molecule has 1 heterocycles. The first-order chi connectivity index (χ1) is 3.93. The molecular weight excluding hydrogens is 98.1 g/mol. The predicted octanol–water partition coefficient (Wildman–Crippen LogP) is 1.43. The fourth-order valence-electron chi connectivity index (χ4n) is 1.04. The van der Waals surface area contributed by atoms with Crippen LogP contribution in [0.5, 0.6) is 0 Å². The Labute approximate surface area is 51.0 Å². The zero-order valence-corrected chi connectivity index (χ0v) is 5.14. The Hall–Kier alpha value is -0.460. The van der Waals surface area contributed by atoms with Crippen molar-refractivity contribution in [3.63, 3.8) is 0 Å². The summed E-state index contributed by atoms with van der Waals surface area (Å²) in [5, 5.41) is 0. The maximum Gasteiger partial charge on any atom is 0.0173 e. The first-order valence-corrected chi connectivity index (χ1v) is 3.13. The van der Waals surface area contributed by atoms with Crippen LogP contribution in [0.25, 0.3) is 0 Å². The van der Waals surface area contributed by atoms with Crippen LogP contribution in [0.1, 0.15) is 12.8 Å². The lowest BCUT2D eigenvalue weighted by atomic mass is 10.4. The number of nitrogens with zero attached hydrogens (tertiary/aromatic N) is 1. The summed E-state index contributed by atoms with van der Waals surface area (Å²) in [6.07, 6.45) is 6.62. The summed E-state index contributed by atoms with van der Waals surface area (Å²) in [5.74, 6) is 0. The lowest BCUT2D eigenvalue weighted by molar-refractivity contribution is 0.468. The molecule has 1 rings (SSSR count). The summed E-state index contributed by atoms with van der Waals surface area (Å²) in [5.41, 5.74) is 0. The van der Waals surface area contributed by atoms with Gasteiger partial charge in [-0.15, -0.1) is 0 Å². The zero-order valence-electron chi connectivity index (χ0n) is 5.14. The second-order valence-corrected chi connectivity index (χ2v) is 2.13. The summed E-state index contributed by atoms with van der Waals surface area (Å²) in [6.45, 7) is 6.08. The smallest absolute Gasteiger partial charge is 0.0173 e. The molecule has 0 aliphatic carbocycles. The maximum atomic E-state index is 3.63. The highest BCUT2D eigenvalue weighted by atomic mass is 15.1. The molecule has 1 heteroatoms. The highest BCUT2D eigenvalue weighted by Crippen LogP contribution is 2.06. The molecule has 0 aromatic carbocycles. The Kier molecular flexibility index (Phi) is 1.95. The fraction of sp³-hybridized carbons (Fsp3) is 0.571. The van der Waals surface area contributed by atoms with E-state index in [0.29, 0.717) is 0 Å². The van der Waals surface area contributed by atoms with E-state index in [4.69, 9.17) is 0 Å². The van der Waals surface area contributed by atoms with Crippen molar-refractivity contribution in [2.45, 2.75) is 12.8 Å². The van der Waals surface area contributed by atoms with Crippen LogP contribution in [0, 0.1) is 6.92 Å². The Morgan fingerprint density at radius 1 is 1.25 bits per heavy atom. The Morgan fingerprint density at radius 2 is 1.88 bits per heavy atom. The molecule has 0 spiro atoms. The summed E-state index contributed by atoms with van der Waals surface area (Å²) in [4.78, 5) is 2.30. The highest BCUT2D eigenvalue weighted by Gasteiger charge is 2.04. The average Bonchev–Trinajstić information content (AvgIpc) is 2.19. The molecule has 1 radical (unpaired) electrons. The molecule has 0 unspecified atom stereocenters. The molecule has 1 saturated heterocycles. The number of hydrogen-bond donors (Lipinski definition) is 0. The first-order valence-electron chi connectivity index (χ1n) is 3.13. The second-order valence-electron chi connectivity index (χ2n) is 2.13. The lowest BCUT2D eigenvalue weighted by Gasteiger charge is -2.08. The number of rotatable bonds is 1. The second kappa shape index (κ2) is 2.75. The molecule has 0 aromatic rings. The van der Waals surface area contributed by atoms with Crippen molar-refractivity contribution in [2.24, 2.45) is 0 Å². The SMILES string of the molecule is [CH2]/C=C/N1CCCC1. The van der Waals surface area contributed by atoms with E-state index in [9.17, 15) is 0 Å². The third kappa shape index (κ3) is 1.25. The molecule has 1 aliphatic heterocycles. The van der Waals surface area contributed by atoms with Crippen molar-refractivity contribution in [3.8, 4) is 0 Å². The van der Waals surface area contributed by atoms with Crippen LogP contribution in [0.3, 0.4) is 0 Å². The standard InChI is InChI=1S/C7H12N/c1-2-5-8-6-3-4-7-8/h2,5H,1,3-4,6-7H2/b5-2+. The van der Waals surface area contributed by atoms with Gasteiger partial charge in [0.2, 0.25) is 0 Å². The number of allylic oxidation sites excluding steroid dienone is 1. The summed E-state index contributed by atoms with van der Waals surface area (Å²) in [7, 11) is 0. The average molecular weight is 110 g/mol. The molecule has 0 atom stereocenters. The van der Waals surface area contributed by atoms with Gasteiger partial charge in [0.25, 0.3) is 0 Å². The minimum atomic E-state index is 1.23. The molecule has 0 bridgehead atoms. The van der Waals surface area contributed by atoms with Gasteiger partial charge in [-0.1, -0.05) is 6.08 Å². The van der Waals surface area contributed by atoms with Gasteiger partial charge in [0.15, 0.2) is 0 Å². The molecule has 45 valence electrons. The quantitative estimate of drug-likeness (QED) is 0.493. The molecule has 8 heavy (non-hydrogen) atoms. The van der Waals surface area contributed by atoms with Crippen LogP contribution in [-0.2, 0) is 0 Å². The molecule has 0 aromatic heterocycles. The summed E-state index contributed by atoms with van der Waals surface area (Å²) >= 11 is 0. The summed E-state index contributed by atoms with van der Waals surface area (Å²) in [6, 6.07) is 0. The van der Waals surface area contributed by atoms with Crippen LogP contribution >= 0.6 is 0 Å². The van der Waals surface area contributed by atoms with Gasteiger partial charge >= 0.3 is 0 Å². The number of hydrogen-bond acceptors (Lipinski definition) is 1. The van der Waals surface area contributed by atoms with Crippen molar-refractivity contribution in [1.29, 1.82) is 0 Å². The minimum Gasteiger partial charge on any atom is -0.378 e. The zero-order chi connectivity index (χ0) is 5.82. The first kappa shape index (κ1) is 5.67. The van der Waals surface area contributed by atoms with E-state index in [1.807, 2.05) is 6.08 Å². The van der Waals surface area contributed by atoms with Crippen LogP contribution in [-0.4, -0.2) is 18.0 Å². The molecule has 1 nitrogen and oxygen atoms in total. The molecule has 0 saturated carbocycles. The van der Waals surface area contributed by atoms with Crippen LogP contribution < -0.4 is 0 Å². The normalized spacial score (nSPS) is 20.9. The van der Waals surface area contributed by atoms with E-state index in [2.05, 4.69) is 18.0 Å². The highest BCUT2D eigenvalue weighted by molar-refractivity contribution is 4.86. The van der Waals surface area contributed by atoms with E-state index in [-0.39, 0.29) is 0 Å². The van der Waals surface area contributed by atoms with Crippen molar-refractivity contribution < 1.29 is 0 Å². The van der Waals surface area contributed by atoms with Crippen molar-refractivity contribution >= 4 is 0 Å². The lowest BCUT2D eigenvalue weighted by Crippen LogP contribution is -2.09. The molecule has 0 N–H and O–H groups in total. The van der Waals surface area contributed by atoms with Gasteiger partial charge < -0.3 is 4.90 Å². The van der Waals surface area contributed by atoms with Gasteiger partial charge in [-0.2, -0.15) is 0 Å². The topological polar surface area (TPSA) is 3.24 Å². The van der Waals surface area contributed by atoms with Crippen molar-refractivity contribution in [1.82, 2.24) is 4.90 Å². The molecule has 1 aliphatic rings. The molecule has 0 amide bonds. The maximum absolute atomic E-state index is 3.63. The van der Waals surface area contributed by atoms with Crippen LogP contribution in [0.15, 0.2) is 12.3 Å². The third-order valence-corrected chi connectivity index (χ3v) is 1.46. The summed E-state index contributed by atoms with van der Waals surface area (Å²) < 4.78 is 0. The van der Waals surface area contributed by atoms with E-state index >= 15 is 0 Å². The minimum absolute atomic E-state index is 1.23. The van der Waals surface area contributed by atoms with E-state index < -0.39 is 0 Å². The Balaban J connectivity index is 2.24. The van der Waals surface area contributed by atoms with Gasteiger partial charge in [0.1, 0.15) is 0 Å². The molecular formula is C7H12N. The van der Waals surface area contributed by atoms with Gasteiger partial charge in [0, 0.05) is 13.1 Å². The molecule has 1 fully saturated rings.